The van der Waals surface area contributed by atoms with Crippen LogP contribution in [-0.2, 0) is 23.9 Å². The number of carbonyl (C=O) groups is 4. The van der Waals surface area contributed by atoms with Gasteiger partial charge in [0.2, 0.25) is 5.91 Å². The zero-order valence-corrected chi connectivity index (χ0v) is 16.9. The maximum absolute atomic E-state index is 12.3. The van der Waals surface area contributed by atoms with Crippen molar-refractivity contribution in [1.82, 2.24) is 10.2 Å². The molecule has 0 aliphatic carbocycles. The molecule has 2 aliphatic rings. The standard InChI is InChI=1S/C17H18N2O7.Na/c1-25-17(24)10-7-11-13(15(21)19(11)14(10)16(22)23)18-12(20)8-26-9-5-3-2-4-6-9;/h2-6,10-11,13-14H,7-8H2,1H3,(H,18,20)(H,22,23);/q;+1/p-1. The third-order valence-corrected chi connectivity index (χ3v) is 4.61. The summed E-state index contributed by atoms with van der Waals surface area (Å²) in [4.78, 5) is 48.5. The molecular formula is C17H17N2NaO7. The summed E-state index contributed by atoms with van der Waals surface area (Å²) in [6.07, 6.45) is 0.0849. The number of rotatable bonds is 6. The SMILES string of the molecule is COC(=O)C1CC2C(NC(=O)COc3ccccc3)C(=O)N2C1C(=O)[O-].[Na+]. The number of carboxylic acid groups (broad SMARTS) is 1. The van der Waals surface area contributed by atoms with E-state index in [-0.39, 0.29) is 42.6 Å². The fourth-order valence-corrected chi connectivity index (χ4v) is 3.44. The van der Waals surface area contributed by atoms with E-state index in [2.05, 4.69) is 10.1 Å². The number of carbonyl (C=O) groups excluding carboxylic acids is 4. The fraction of sp³-hybridized carbons (Fsp3) is 0.412. The molecule has 0 saturated carbocycles. The largest absolute Gasteiger partial charge is 1.00 e. The van der Waals surface area contributed by atoms with Gasteiger partial charge in [-0.25, -0.2) is 0 Å². The Morgan fingerprint density at radius 1 is 1.26 bits per heavy atom. The van der Waals surface area contributed by atoms with Crippen molar-refractivity contribution < 1.29 is 63.3 Å². The predicted molar refractivity (Wildman–Crippen MR) is 83.4 cm³/mol. The quantitative estimate of drug-likeness (QED) is 0.296. The Morgan fingerprint density at radius 2 is 1.93 bits per heavy atom. The van der Waals surface area contributed by atoms with Crippen LogP contribution >= 0.6 is 0 Å². The number of ether oxygens (including phenoxy) is 2. The molecule has 1 aromatic carbocycles. The topological polar surface area (TPSA) is 125 Å². The van der Waals surface area contributed by atoms with Gasteiger partial charge in [0.25, 0.3) is 5.91 Å². The molecule has 1 N–H and O–H groups in total. The van der Waals surface area contributed by atoms with Gasteiger partial charge in [-0.1, -0.05) is 18.2 Å². The minimum Gasteiger partial charge on any atom is -0.548 e. The van der Waals surface area contributed by atoms with Crippen LogP contribution < -0.4 is 44.7 Å². The summed E-state index contributed by atoms with van der Waals surface area (Å²) in [5.41, 5.74) is 0. The van der Waals surface area contributed by atoms with E-state index >= 15 is 0 Å². The minimum absolute atomic E-state index is 0. The van der Waals surface area contributed by atoms with Crippen LogP contribution in [0.5, 0.6) is 5.75 Å². The van der Waals surface area contributed by atoms with E-state index in [1.165, 1.54) is 0 Å². The van der Waals surface area contributed by atoms with Gasteiger partial charge in [-0.05, 0) is 18.6 Å². The van der Waals surface area contributed by atoms with Crippen molar-refractivity contribution in [1.29, 1.82) is 0 Å². The van der Waals surface area contributed by atoms with Crippen molar-refractivity contribution in [3.8, 4) is 5.75 Å². The second kappa shape index (κ2) is 8.73. The first kappa shape index (κ1) is 21.2. The molecule has 27 heavy (non-hydrogen) atoms. The third-order valence-electron chi connectivity index (χ3n) is 4.61. The van der Waals surface area contributed by atoms with Crippen LogP contribution in [0.25, 0.3) is 0 Å². The summed E-state index contributed by atoms with van der Waals surface area (Å²) in [5.74, 6) is -3.83. The number of fused-ring (bicyclic) bond motifs is 1. The molecule has 3 rings (SSSR count). The summed E-state index contributed by atoms with van der Waals surface area (Å²) in [7, 11) is 1.15. The molecule has 0 bridgehead atoms. The number of hydrogen-bond acceptors (Lipinski definition) is 7. The van der Waals surface area contributed by atoms with E-state index in [1.54, 1.807) is 30.3 Å². The molecule has 2 amide bonds. The molecule has 2 heterocycles. The number of hydrogen-bond donors (Lipinski definition) is 1. The molecule has 0 spiro atoms. The first-order chi connectivity index (χ1) is 12.4. The third kappa shape index (κ3) is 4.10. The number of para-hydroxylation sites is 1. The first-order valence-corrected chi connectivity index (χ1v) is 8.02. The van der Waals surface area contributed by atoms with E-state index in [9.17, 15) is 24.3 Å². The minimum atomic E-state index is -1.52. The van der Waals surface area contributed by atoms with Crippen molar-refractivity contribution in [3.05, 3.63) is 30.3 Å². The van der Waals surface area contributed by atoms with E-state index < -0.39 is 47.8 Å². The first-order valence-electron chi connectivity index (χ1n) is 8.02. The summed E-state index contributed by atoms with van der Waals surface area (Å²) in [6, 6.07) is 5.83. The number of amides is 2. The second-order valence-corrected chi connectivity index (χ2v) is 6.09. The molecule has 138 valence electrons. The monoisotopic (exact) mass is 384 g/mol. The van der Waals surface area contributed by atoms with Crippen LogP contribution in [0.2, 0.25) is 0 Å². The number of methoxy groups -OCH3 is 1. The van der Waals surface area contributed by atoms with Gasteiger partial charge in [-0.3, -0.25) is 14.4 Å². The molecule has 0 radical (unpaired) electrons. The van der Waals surface area contributed by atoms with Gasteiger partial charge in [0.15, 0.2) is 6.61 Å². The Morgan fingerprint density at radius 3 is 2.52 bits per heavy atom. The maximum Gasteiger partial charge on any atom is 1.00 e. The zero-order chi connectivity index (χ0) is 18.8. The summed E-state index contributed by atoms with van der Waals surface area (Å²) in [5, 5.41) is 13.9. The van der Waals surface area contributed by atoms with E-state index in [0.717, 1.165) is 12.0 Å². The number of β-lactam (4-membered cyclic amide) rings is 1. The van der Waals surface area contributed by atoms with Crippen LogP contribution in [0.1, 0.15) is 6.42 Å². The van der Waals surface area contributed by atoms with Gasteiger partial charge in [0, 0.05) is 0 Å². The van der Waals surface area contributed by atoms with Crippen molar-refractivity contribution in [2.24, 2.45) is 5.92 Å². The summed E-state index contributed by atoms with van der Waals surface area (Å²) in [6.45, 7) is -0.287. The van der Waals surface area contributed by atoms with Gasteiger partial charge >= 0.3 is 35.5 Å². The Labute approximate surface area is 177 Å². The van der Waals surface area contributed by atoms with Crippen molar-refractivity contribution in [3.63, 3.8) is 0 Å². The molecule has 4 atom stereocenters. The Bertz CT molecular complexity index is 742. The molecule has 2 fully saturated rings. The molecule has 4 unspecified atom stereocenters. The molecule has 0 aromatic heterocycles. The van der Waals surface area contributed by atoms with Crippen molar-refractivity contribution >= 4 is 23.8 Å². The van der Waals surface area contributed by atoms with Gasteiger partial charge in [-0.2, -0.15) is 0 Å². The number of nitrogens with zero attached hydrogens (tertiary/aromatic N) is 1. The Balaban J connectivity index is 0.00000261. The van der Waals surface area contributed by atoms with E-state index in [4.69, 9.17) is 4.74 Å². The Kier molecular flexibility index (Phi) is 6.85. The van der Waals surface area contributed by atoms with Crippen LogP contribution in [-0.4, -0.2) is 60.5 Å². The van der Waals surface area contributed by atoms with Gasteiger partial charge < -0.3 is 29.6 Å². The normalized spacial score (nSPS) is 25.5. The van der Waals surface area contributed by atoms with Crippen LogP contribution in [0.4, 0.5) is 0 Å². The molecular weight excluding hydrogens is 367 g/mol. The van der Waals surface area contributed by atoms with E-state index in [1.807, 2.05) is 0 Å². The summed E-state index contributed by atoms with van der Waals surface area (Å²) >= 11 is 0. The molecule has 1 aromatic rings. The fourth-order valence-electron chi connectivity index (χ4n) is 3.44. The van der Waals surface area contributed by atoms with Crippen LogP contribution in [0, 0.1) is 5.92 Å². The van der Waals surface area contributed by atoms with Crippen molar-refractivity contribution in [2.45, 2.75) is 24.5 Å². The average Bonchev–Trinajstić information content (AvgIpc) is 3.01. The summed E-state index contributed by atoms with van der Waals surface area (Å²) < 4.78 is 9.91. The number of aliphatic carboxylic acids is 1. The number of esters is 1. The average molecular weight is 384 g/mol. The van der Waals surface area contributed by atoms with Gasteiger partial charge in [-0.15, -0.1) is 0 Å². The number of carboxylic acids is 1. The smallest absolute Gasteiger partial charge is 0.548 e. The molecule has 10 heteroatoms. The predicted octanol–water partition coefficient (Wildman–Crippen LogP) is -4.92. The number of benzene rings is 1. The van der Waals surface area contributed by atoms with Gasteiger partial charge in [0.1, 0.15) is 11.8 Å². The Hall–Kier alpha value is -2.10. The molecule has 2 aliphatic heterocycles. The molecule has 9 nitrogen and oxygen atoms in total. The van der Waals surface area contributed by atoms with Crippen LogP contribution in [0.15, 0.2) is 30.3 Å². The van der Waals surface area contributed by atoms with E-state index in [0.29, 0.717) is 5.75 Å². The second-order valence-electron chi connectivity index (χ2n) is 6.09. The van der Waals surface area contributed by atoms with Crippen molar-refractivity contribution in [2.75, 3.05) is 13.7 Å². The van der Waals surface area contributed by atoms with Gasteiger partial charge in [0.05, 0.1) is 31.1 Å². The maximum atomic E-state index is 12.3. The molecule has 2 saturated heterocycles. The number of nitrogens with one attached hydrogen (secondary N) is 1. The van der Waals surface area contributed by atoms with Crippen LogP contribution in [0.3, 0.4) is 0 Å². The zero-order valence-electron chi connectivity index (χ0n) is 14.9.